The first-order valence-corrected chi connectivity index (χ1v) is 11.4. The van der Waals surface area contributed by atoms with Gasteiger partial charge in [-0.15, -0.1) is 11.3 Å². The normalized spacial score (nSPS) is 18.2. The first-order valence-electron chi connectivity index (χ1n) is 10.5. The molecule has 33 heavy (non-hydrogen) atoms. The first kappa shape index (κ1) is 20.7. The van der Waals surface area contributed by atoms with Crippen LogP contribution in [-0.4, -0.2) is 21.0 Å². The maximum Gasteiger partial charge on any atom is 0.266 e. The van der Waals surface area contributed by atoms with Crippen molar-refractivity contribution >= 4 is 22.8 Å². The van der Waals surface area contributed by atoms with Gasteiger partial charge in [-0.2, -0.15) is 10.4 Å². The molecule has 0 saturated heterocycles. The van der Waals surface area contributed by atoms with Gasteiger partial charge in [0.05, 0.1) is 23.2 Å². The van der Waals surface area contributed by atoms with Gasteiger partial charge in [0.25, 0.3) is 5.56 Å². The molecule has 0 bridgehead atoms. The van der Waals surface area contributed by atoms with Crippen molar-refractivity contribution in [3.63, 3.8) is 0 Å². The van der Waals surface area contributed by atoms with Crippen LogP contribution in [-0.2, 0) is 4.79 Å². The molecular formula is C24H20N6O2S. The quantitative estimate of drug-likeness (QED) is 0.547. The number of nitrogens with two attached hydrogens (primary N) is 1. The summed E-state index contributed by atoms with van der Waals surface area (Å²) >= 11 is 1.49. The van der Waals surface area contributed by atoms with Gasteiger partial charge in [-0.25, -0.2) is 10.1 Å². The predicted molar refractivity (Wildman–Crippen MR) is 126 cm³/mol. The summed E-state index contributed by atoms with van der Waals surface area (Å²) in [6, 6.07) is 16.8. The van der Waals surface area contributed by atoms with E-state index in [1.165, 1.54) is 17.4 Å². The summed E-state index contributed by atoms with van der Waals surface area (Å²) in [5.41, 5.74) is 12.7. The number of thiophene rings is 1. The highest BCUT2D eigenvalue weighted by molar-refractivity contribution is 7.10. The number of hydrazine groups is 1. The van der Waals surface area contributed by atoms with E-state index in [0.717, 1.165) is 16.1 Å². The Bertz CT molecular complexity index is 1380. The summed E-state index contributed by atoms with van der Waals surface area (Å²) in [5, 5.41) is 20.2. The van der Waals surface area contributed by atoms with Crippen molar-refractivity contribution in [1.82, 2.24) is 15.2 Å². The van der Waals surface area contributed by atoms with Crippen LogP contribution in [0.15, 0.2) is 81.4 Å². The van der Waals surface area contributed by atoms with E-state index in [1.54, 1.807) is 5.01 Å². The maximum absolute atomic E-state index is 13.1. The van der Waals surface area contributed by atoms with Crippen molar-refractivity contribution in [2.24, 2.45) is 5.73 Å². The summed E-state index contributed by atoms with van der Waals surface area (Å²) in [7, 11) is 0. The molecule has 0 unspecified atom stereocenters. The van der Waals surface area contributed by atoms with Crippen molar-refractivity contribution in [3.05, 3.63) is 91.8 Å². The second-order valence-electron chi connectivity index (χ2n) is 7.80. The van der Waals surface area contributed by atoms with Gasteiger partial charge >= 0.3 is 0 Å². The van der Waals surface area contributed by atoms with Crippen LogP contribution in [0.1, 0.15) is 30.1 Å². The van der Waals surface area contributed by atoms with E-state index in [4.69, 9.17) is 5.73 Å². The van der Waals surface area contributed by atoms with Gasteiger partial charge in [-0.3, -0.25) is 15.0 Å². The van der Waals surface area contributed by atoms with Crippen LogP contribution >= 0.6 is 11.3 Å². The van der Waals surface area contributed by atoms with E-state index in [0.29, 0.717) is 41.8 Å². The predicted octanol–water partition coefficient (Wildman–Crippen LogP) is 3.63. The summed E-state index contributed by atoms with van der Waals surface area (Å²) in [5.74, 6) is -0.264. The molecule has 2 aromatic heterocycles. The second-order valence-corrected chi connectivity index (χ2v) is 8.78. The number of Topliss-reactive ketones (excluding diaryl/α,β-unsaturated/α-hetero) is 1. The molecule has 1 atom stereocenters. The third kappa shape index (κ3) is 3.60. The largest absolute Gasteiger partial charge is 0.383 e. The molecule has 0 saturated carbocycles. The van der Waals surface area contributed by atoms with Gasteiger partial charge in [0.2, 0.25) is 0 Å². The standard InChI is InChI=1S/C24H20N6O2S/c25-13-15-21(19-10-5-11-33-19)22-17(8-4-9-18(22)31)30(24(15)26)29-16-12-20(32)27-28-23(16)14-6-2-1-3-7-14/h1-3,5-7,10-12,21H,4,8-9,26H2,(H2,27,29,32)/t21-/m1/s1. The number of rotatable bonds is 4. The molecule has 2 aliphatic rings. The number of allylic oxidation sites excluding steroid dienone is 3. The average molecular weight is 457 g/mol. The third-order valence-electron chi connectivity index (χ3n) is 5.83. The Morgan fingerprint density at radius 2 is 2.00 bits per heavy atom. The molecule has 4 N–H and O–H groups in total. The van der Waals surface area contributed by atoms with Gasteiger partial charge in [0, 0.05) is 34.2 Å². The molecule has 5 rings (SSSR count). The Balaban J connectivity index is 1.66. The van der Waals surface area contributed by atoms with E-state index in [-0.39, 0.29) is 17.2 Å². The van der Waals surface area contributed by atoms with Gasteiger partial charge in [0.15, 0.2) is 5.78 Å². The molecule has 3 heterocycles. The van der Waals surface area contributed by atoms with Crippen molar-refractivity contribution in [2.75, 3.05) is 5.43 Å². The number of nitriles is 1. The zero-order valence-corrected chi connectivity index (χ0v) is 18.4. The van der Waals surface area contributed by atoms with E-state index >= 15 is 0 Å². The second kappa shape index (κ2) is 8.41. The van der Waals surface area contributed by atoms with E-state index < -0.39 is 5.92 Å². The van der Waals surface area contributed by atoms with Gasteiger partial charge < -0.3 is 5.73 Å². The molecule has 0 radical (unpaired) electrons. The summed E-state index contributed by atoms with van der Waals surface area (Å²) in [6.45, 7) is 0. The van der Waals surface area contributed by atoms with Gasteiger partial charge in [-0.05, 0) is 24.3 Å². The van der Waals surface area contributed by atoms with Crippen LogP contribution in [0.3, 0.4) is 0 Å². The Kier molecular flexibility index (Phi) is 5.28. The number of carbonyl (C=O) groups is 1. The number of ketones is 1. The zero-order chi connectivity index (χ0) is 22.9. The average Bonchev–Trinajstić information content (AvgIpc) is 3.36. The number of benzene rings is 1. The lowest BCUT2D eigenvalue weighted by molar-refractivity contribution is -0.116. The highest BCUT2D eigenvalue weighted by atomic mass is 32.1. The molecule has 8 nitrogen and oxygen atoms in total. The van der Waals surface area contributed by atoms with E-state index in [9.17, 15) is 14.9 Å². The van der Waals surface area contributed by atoms with Crippen molar-refractivity contribution in [2.45, 2.75) is 25.2 Å². The summed E-state index contributed by atoms with van der Waals surface area (Å²) < 4.78 is 0. The summed E-state index contributed by atoms with van der Waals surface area (Å²) in [6.07, 6.45) is 1.73. The Morgan fingerprint density at radius 3 is 2.73 bits per heavy atom. The molecule has 0 spiro atoms. The maximum atomic E-state index is 13.1. The summed E-state index contributed by atoms with van der Waals surface area (Å²) in [4.78, 5) is 26.1. The van der Waals surface area contributed by atoms with E-state index in [2.05, 4.69) is 21.7 Å². The monoisotopic (exact) mass is 456 g/mol. The smallest absolute Gasteiger partial charge is 0.266 e. The minimum atomic E-state index is -0.484. The number of nitrogens with zero attached hydrogens (tertiary/aromatic N) is 3. The van der Waals surface area contributed by atoms with Crippen LogP contribution in [0.25, 0.3) is 11.3 Å². The number of carbonyl (C=O) groups excluding carboxylic acids is 1. The van der Waals surface area contributed by atoms with Crippen LogP contribution in [0.2, 0.25) is 0 Å². The zero-order valence-electron chi connectivity index (χ0n) is 17.5. The molecular weight excluding hydrogens is 436 g/mol. The number of H-pyrrole nitrogens is 1. The number of anilines is 1. The topological polar surface area (TPSA) is 128 Å². The van der Waals surface area contributed by atoms with Crippen molar-refractivity contribution in [1.29, 1.82) is 5.26 Å². The van der Waals surface area contributed by atoms with Crippen molar-refractivity contribution in [3.8, 4) is 17.3 Å². The molecule has 164 valence electrons. The molecule has 1 aliphatic carbocycles. The number of hydrogen-bond donors (Lipinski definition) is 3. The first-order chi connectivity index (χ1) is 16.1. The number of hydrogen-bond acceptors (Lipinski definition) is 8. The Hall–Kier alpha value is -4.16. The fraction of sp³-hybridized carbons (Fsp3) is 0.167. The van der Waals surface area contributed by atoms with Gasteiger partial charge in [-0.1, -0.05) is 36.4 Å². The fourth-order valence-electron chi connectivity index (χ4n) is 4.38. The fourth-order valence-corrected chi connectivity index (χ4v) is 5.22. The molecule has 0 amide bonds. The Labute approximate surface area is 193 Å². The van der Waals surface area contributed by atoms with Crippen LogP contribution in [0.4, 0.5) is 5.69 Å². The Morgan fingerprint density at radius 1 is 1.18 bits per heavy atom. The number of nitrogens with one attached hydrogen (secondary N) is 2. The lowest BCUT2D eigenvalue weighted by Crippen LogP contribution is -2.41. The molecule has 9 heteroatoms. The van der Waals surface area contributed by atoms with Crippen LogP contribution in [0, 0.1) is 11.3 Å². The molecule has 3 aromatic rings. The van der Waals surface area contributed by atoms with Crippen molar-refractivity contribution < 1.29 is 4.79 Å². The van der Waals surface area contributed by atoms with Crippen LogP contribution < -0.4 is 16.7 Å². The number of aromatic nitrogens is 2. The molecule has 1 aromatic carbocycles. The highest BCUT2D eigenvalue weighted by Crippen LogP contribution is 2.46. The lowest BCUT2D eigenvalue weighted by atomic mass is 9.79. The van der Waals surface area contributed by atoms with Crippen LogP contribution in [0.5, 0.6) is 0 Å². The van der Waals surface area contributed by atoms with Gasteiger partial charge in [0.1, 0.15) is 11.5 Å². The SMILES string of the molecule is N#CC1=C(N)N(Nc2cc(=O)[nH]nc2-c2ccccc2)C2=C(C(=O)CCC2)[C@H]1c1cccs1. The van der Waals surface area contributed by atoms with E-state index in [1.807, 2.05) is 47.8 Å². The minimum Gasteiger partial charge on any atom is -0.383 e. The highest BCUT2D eigenvalue weighted by Gasteiger charge is 2.40. The lowest BCUT2D eigenvalue weighted by Gasteiger charge is -2.39. The third-order valence-corrected chi connectivity index (χ3v) is 6.77. The molecule has 1 aliphatic heterocycles. The number of aromatic amines is 1. The molecule has 0 fully saturated rings. The minimum absolute atomic E-state index is 0.00835.